The van der Waals surface area contributed by atoms with E-state index in [0.717, 1.165) is 44.9 Å². The monoisotopic (exact) mass is 528 g/mol. The first-order chi connectivity index (χ1) is 17.7. The number of carbonyl (C=O) groups is 2. The maximum atomic E-state index is 13.8. The Morgan fingerprint density at radius 1 is 0.868 bits per heavy atom. The maximum Gasteiger partial charge on any atom is 0.344 e. The van der Waals surface area contributed by atoms with Gasteiger partial charge in [0.1, 0.15) is 0 Å². The summed E-state index contributed by atoms with van der Waals surface area (Å²) in [7, 11) is 1.33. The van der Waals surface area contributed by atoms with Crippen LogP contribution in [0.25, 0.3) is 0 Å². The van der Waals surface area contributed by atoms with Gasteiger partial charge in [0.05, 0.1) is 18.6 Å². The molecule has 0 aromatic rings. The third-order valence-electron chi connectivity index (χ3n) is 14.0. The molecular formula is C33H52O5. The second-order valence-corrected chi connectivity index (χ2v) is 15.4. The van der Waals surface area contributed by atoms with Crippen molar-refractivity contribution in [1.29, 1.82) is 0 Å². The van der Waals surface area contributed by atoms with Gasteiger partial charge >= 0.3 is 11.9 Å². The van der Waals surface area contributed by atoms with Crippen LogP contribution in [0.4, 0.5) is 0 Å². The van der Waals surface area contributed by atoms with E-state index < -0.39 is 11.4 Å². The summed E-state index contributed by atoms with van der Waals surface area (Å²) in [4.78, 5) is 25.6. The number of hydrogen-bond acceptors (Lipinski definition) is 5. The fourth-order valence-electron chi connectivity index (χ4n) is 11.8. The third-order valence-corrected chi connectivity index (χ3v) is 14.0. The van der Waals surface area contributed by atoms with E-state index in [1.54, 1.807) is 0 Å². The molecule has 5 aliphatic rings. The molecule has 0 heterocycles. The Kier molecular flexibility index (Phi) is 6.73. The molecule has 214 valence electrons. The van der Waals surface area contributed by atoms with Gasteiger partial charge in [-0.25, -0.2) is 4.79 Å². The predicted octanol–water partition coefficient (Wildman–Crippen LogP) is 6.72. The second kappa shape index (κ2) is 9.08. The zero-order valence-electron chi connectivity index (χ0n) is 25.0. The number of aliphatic hydroxyl groups is 1. The van der Waals surface area contributed by atoms with Gasteiger partial charge in [0.2, 0.25) is 0 Å². The molecule has 0 saturated heterocycles. The number of rotatable bonds is 4. The van der Waals surface area contributed by atoms with Crippen LogP contribution in [0, 0.1) is 56.7 Å². The van der Waals surface area contributed by atoms with Gasteiger partial charge in [-0.05, 0) is 122 Å². The molecule has 0 amide bonds. The molecule has 10 atom stereocenters. The van der Waals surface area contributed by atoms with Gasteiger partial charge in [0.15, 0.2) is 6.61 Å². The summed E-state index contributed by atoms with van der Waals surface area (Å²) in [6.07, 6.45) is 10.2. The van der Waals surface area contributed by atoms with E-state index >= 15 is 0 Å². The van der Waals surface area contributed by atoms with Crippen LogP contribution in [-0.2, 0) is 19.1 Å². The van der Waals surface area contributed by atoms with Crippen molar-refractivity contribution in [2.24, 2.45) is 56.7 Å². The molecule has 5 heteroatoms. The maximum absolute atomic E-state index is 13.8. The molecule has 0 bridgehead atoms. The average molecular weight is 529 g/mol. The number of allylic oxidation sites excluding steroid dienone is 1. The van der Waals surface area contributed by atoms with Crippen LogP contribution in [0.15, 0.2) is 12.2 Å². The van der Waals surface area contributed by atoms with Crippen molar-refractivity contribution >= 4 is 11.9 Å². The number of hydrogen-bond donors (Lipinski definition) is 1. The van der Waals surface area contributed by atoms with Crippen LogP contribution in [0.1, 0.15) is 106 Å². The predicted molar refractivity (Wildman–Crippen MR) is 148 cm³/mol. The van der Waals surface area contributed by atoms with Gasteiger partial charge < -0.3 is 14.6 Å². The molecular weight excluding hydrogens is 476 g/mol. The molecule has 0 aromatic heterocycles. The fourth-order valence-corrected chi connectivity index (χ4v) is 11.8. The van der Waals surface area contributed by atoms with Crippen LogP contribution in [0.5, 0.6) is 0 Å². The van der Waals surface area contributed by atoms with E-state index in [1.165, 1.54) is 31.9 Å². The molecule has 5 saturated carbocycles. The summed E-state index contributed by atoms with van der Waals surface area (Å²) in [5.41, 5.74) is 1.19. The average Bonchev–Trinajstić information content (AvgIpc) is 3.26. The zero-order chi connectivity index (χ0) is 27.9. The Labute approximate surface area is 230 Å². The molecule has 5 aliphatic carbocycles. The first-order valence-corrected chi connectivity index (χ1v) is 15.3. The Bertz CT molecular complexity index is 1000. The molecule has 0 unspecified atom stereocenters. The first kappa shape index (κ1) is 28.2. The number of ether oxygens (including phenoxy) is 2. The van der Waals surface area contributed by atoms with E-state index in [1.807, 2.05) is 0 Å². The van der Waals surface area contributed by atoms with Crippen LogP contribution < -0.4 is 0 Å². The molecule has 0 aromatic carbocycles. The highest BCUT2D eigenvalue weighted by atomic mass is 16.6. The van der Waals surface area contributed by atoms with Crippen LogP contribution in [0.2, 0.25) is 0 Å². The van der Waals surface area contributed by atoms with Gasteiger partial charge in [-0.1, -0.05) is 46.8 Å². The van der Waals surface area contributed by atoms with E-state index in [0.29, 0.717) is 23.7 Å². The lowest BCUT2D eigenvalue weighted by molar-refractivity contribution is -0.248. The second-order valence-electron chi connectivity index (χ2n) is 15.4. The van der Waals surface area contributed by atoms with Crippen molar-refractivity contribution in [3.05, 3.63) is 12.2 Å². The van der Waals surface area contributed by atoms with Crippen molar-refractivity contribution in [3.63, 3.8) is 0 Å². The number of esters is 2. The van der Waals surface area contributed by atoms with E-state index in [-0.39, 0.29) is 46.3 Å². The summed E-state index contributed by atoms with van der Waals surface area (Å²) in [5.74, 6) is 1.46. The van der Waals surface area contributed by atoms with Crippen molar-refractivity contribution in [2.45, 2.75) is 112 Å². The van der Waals surface area contributed by atoms with E-state index in [2.05, 4.69) is 48.1 Å². The highest BCUT2D eigenvalue weighted by Gasteiger charge is 2.72. The van der Waals surface area contributed by atoms with Crippen molar-refractivity contribution in [2.75, 3.05) is 13.7 Å². The van der Waals surface area contributed by atoms with Crippen molar-refractivity contribution in [3.8, 4) is 0 Å². The summed E-state index contributed by atoms with van der Waals surface area (Å²) >= 11 is 0. The lowest BCUT2D eigenvalue weighted by Gasteiger charge is -2.72. The number of carbonyl (C=O) groups excluding carboxylic acids is 2. The summed E-state index contributed by atoms with van der Waals surface area (Å²) in [5, 5.41) is 11.0. The number of methoxy groups -OCH3 is 1. The normalized spacial score (nSPS) is 49.1. The first-order valence-electron chi connectivity index (χ1n) is 15.3. The summed E-state index contributed by atoms with van der Waals surface area (Å²) in [6, 6.07) is 0. The van der Waals surface area contributed by atoms with Gasteiger partial charge in [-0.15, -0.1) is 0 Å². The Hall–Kier alpha value is -1.36. The quantitative estimate of drug-likeness (QED) is 0.324. The molecule has 38 heavy (non-hydrogen) atoms. The van der Waals surface area contributed by atoms with Crippen molar-refractivity contribution < 1.29 is 24.2 Å². The molecule has 1 N–H and O–H groups in total. The molecule has 0 radical (unpaired) electrons. The van der Waals surface area contributed by atoms with Gasteiger partial charge in [0.25, 0.3) is 0 Å². The highest BCUT2D eigenvalue weighted by Crippen LogP contribution is 2.77. The topological polar surface area (TPSA) is 72.8 Å². The summed E-state index contributed by atoms with van der Waals surface area (Å²) < 4.78 is 10.4. The van der Waals surface area contributed by atoms with Crippen molar-refractivity contribution in [1.82, 2.24) is 0 Å². The smallest absolute Gasteiger partial charge is 0.344 e. The minimum absolute atomic E-state index is 0.0479. The zero-order valence-corrected chi connectivity index (χ0v) is 25.0. The Balaban J connectivity index is 1.51. The van der Waals surface area contributed by atoms with Gasteiger partial charge in [0, 0.05) is 0 Å². The largest absolute Gasteiger partial charge is 0.466 e. The van der Waals surface area contributed by atoms with E-state index in [9.17, 15) is 14.7 Å². The highest BCUT2D eigenvalue weighted by molar-refractivity contribution is 5.81. The summed E-state index contributed by atoms with van der Waals surface area (Å²) in [6.45, 7) is 18.6. The Morgan fingerprint density at radius 2 is 1.58 bits per heavy atom. The number of aliphatic hydroxyl groups excluding tert-OH is 1. The minimum Gasteiger partial charge on any atom is -0.466 e. The molecule has 5 nitrogen and oxygen atoms in total. The fraction of sp³-hybridized carbons (Fsp3) is 0.879. The van der Waals surface area contributed by atoms with Crippen LogP contribution in [0.3, 0.4) is 0 Å². The lowest BCUT2D eigenvalue weighted by Crippen LogP contribution is -2.67. The molecule has 5 fully saturated rings. The standard InChI is InChI=1S/C33H52O5/c1-20(2)21-11-16-33(28(36)38-19-26(35)37-8)18-17-31(6)22(27(21)33)9-10-24-30(5)14-13-25(34)29(3,4)23(30)12-15-32(24,31)7/h21-25,27,34H,1,9-19H2,2-8H3/t21-,22+,23-,24+,25-,27+,30-,31+,32+,33-/m0/s1. The van der Waals surface area contributed by atoms with E-state index in [4.69, 9.17) is 9.47 Å². The van der Waals surface area contributed by atoms with Crippen LogP contribution in [-0.4, -0.2) is 36.9 Å². The Morgan fingerprint density at radius 3 is 2.24 bits per heavy atom. The van der Waals surface area contributed by atoms with Crippen LogP contribution >= 0.6 is 0 Å². The number of fused-ring (bicyclic) bond motifs is 7. The van der Waals surface area contributed by atoms with Gasteiger partial charge in [-0.3, -0.25) is 4.79 Å². The SMILES string of the molecule is C=C(C)[C@@H]1CC[C@]2(C(=O)OCC(=O)OC)CC[C@]3(C)[C@H](CC[C@@H]4[C@@]5(C)CC[C@H](O)C(C)(C)[C@@H]5CC[C@]43C)[C@@H]12. The lowest BCUT2D eigenvalue weighted by atomic mass is 9.32. The third kappa shape index (κ3) is 3.58. The minimum atomic E-state index is -0.525. The van der Waals surface area contributed by atoms with Gasteiger partial charge in [-0.2, -0.15) is 0 Å². The molecule has 5 rings (SSSR count). The molecule has 0 aliphatic heterocycles. The molecule has 0 spiro atoms.